The maximum atomic E-state index is 13.4. The van der Waals surface area contributed by atoms with E-state index in [9.17, 15) is 14.7 Å². The minimum atomic E-state index is -0.891. The number of Topliss-reactive ketones (excluding diaryl/α,β-unsaturated/α-hetero) is 1. The van der Waals surface area contributed by atoms with Crippen LogP contribution in [0.1, 0.15) is 35.2 Å². The predicted octanol–water partition coefficient (Wildman–Crippen LogP) is 6.59. The number of hydrogen-bond acceptors (Lipinski definition) is 6. The van der Waals surface area contributed by atoms with Gasteiger partial charge in [-0.05, 0) is 79.9 Å². The van der Waals surface area contributed by atoms with Gasteiger partial charge in [-0.25, -0.2) is 4.98 Å². The number of thiazole rings is 1. The first-order chi connectivity index (χ1) is 17.3. The molecule has 1 fully saturated rings. The average molecular weight is 519 g/mol. The van der Waals surface area contributed by atoms with E-state index in [1.54, 1.807) is 48.5 Å². The SMILES string of the molecule is CCOc1ccc(C(O)=C2C(=O)C(=O)N(c3nc4c(C)cc(C)cc4s3)[C@H]2c2cccc(Cl)c2)cc1. The van der Waals surface area contributed by atoms with Gasteiger partial charge in [0, 0.05) is 10.6 Å². The van der Waals surface area contributed by atoms with Crippen LogP contribution >= 0.6 is 22.9 Å². The number of benzene rings is 3. The summed E-state index contributed by atoms with van der Waals surface area (Å²) in [5, 5.41) is 12.1. The highest BCUT2D eigenvalue weighted by atomic mass is 35.5. The van der Waals surface area contributed by atoms with Gasteiger partial charge in [0.1, 0.15) is 11.5 Å². The zero-order valence-electron chi connectivity index (χ0n) is 19.9. The lowest BCUT2D eigenvalue weighted by Gasteiger charge is -2.23. The number of halogens is 1. The summed E-state index contributed by atoms with van der Waals surface area (Å²) in [6.45, 7) is 6.35. The summed E-state index contributed by atoms with van der Waals surface area (Å²) in [4.78, 5) is 32.9. The Kier molecular flexibility index (Phi) is 6.28. The lowest BCUT2D eigenvalue weighted by atomic mass is 9.95. The predicted molar refractivity (Wildman–Crippen MR) is 143 cm³/mol. The van der Waals surface area contributed by atoms with Gasteiger partial charge in [0.25, 0.3) is 5.78 Å². The molecule has 1 N–H and O–H groups in total. The van der Waals surface area contributed by atoms with Gasteiger partial charge in [0.2, 0.25) is 0 Å². The van der Waals surface area contributed by atoms with Gasteiger partial charge < -0.3 is 9.84 Å². The maximum Gasteiger partial charge on any atom is 0.301 e. The van der Waals surface area contributed by atoms with E-state index in [1.807, 2.05) is 32.9 Å². The molecule has 0 spiro atoms. The molecule has 1 aromatic heterocycles. The van der Waals surface area contributed by atoms with Crippen LogP contribution in [0, 0.1) is 13.8 Å². The van der Waals surface area contributed by atoms with Gasteiger partial charge >= 0.3 is 5.91 Å². The highest BCUT2D eigenvalue weighted by Gasteiger charge is 2.48. The van der Waals surface area contributed by atoms with Crippen molar-refractivity contribution in [3.05, 3.63) is 93.5 Å². The number of rotatable bonds is 5. The van der Waals surface area contributed by atoms with Gasteiger partial charge in [-0.3, -0.25) is 14.5 Å². The van der Waals surface area contributed by atoms with E-state index >= 15 is 0 Å². The first-order valence-corrected chi connectivity index (χ1v) is 12.7. The van der Waals surface area contributed by atoms with Crippen molar-refractivity contribution < 1.29 is 19.4 Å². The molecule has 8 heteroatoms. The fraction of sp³-hybridized carbons (Fsp3) is 0.179. The van der Waals surface area contributed by atoms with E-state index < -0.39 is 17.7 Å². The first-order valence-electron chi connectivity index (χ1n) is 11.5. The number of amides is 1. The smallest absolute Gasteiger partial charge is 0.301 e. The molecule has 36 heavy (non-hydrogen) atoms. The number of aliphatic hydroxyl groups is 1. The molecule has 0 radical (unpaired) electrons. The number of anilines is 1. The van der Waals surface area contributed by atoms with E-state index in [0.717, 1.165) is 21.3 Å². The largest absolute Gasteiger partial charge is 0.507 e. The number of aryl methyl sites for hydroxylation is 2. The third-order valence-electron chi connectivity index (χ3n) is 6.07. The van der Waals surface area contributed by atoms with Crippen molar-refractivity contribution in [3.8, 4) is 5.75 Å². The molecule has 3 aromatic carbocycles. The summed E-state index contributed by atoms with van der Waals surface area (Å²) in [7, 11) is 0. The van der Waals surface area contributed by atoms with Crippen LogP contribution in [0.3, 0.4) is 0 Å². The molecule has 1 atom stereocenters. The van der Waals surface area contributed by atoms with Crippen LogP contribution in [0.25, 0.3) is 16.0 Å². The number of ketones is 1. The topological polar surface area (TPSA) is 79.7 Å². The third-order valence-corrected chi connectivity index (χ3v) is 7.31. The van der Waals surface area contributed by atoms with E-state index in [4.69, 9.17) is 21.3 Å². The molecular formula is C28H23ClN2O4S. The summed E-state index contributed by atoms with van der Waals surface area (Å²) < 4.78 is 6.40. The molecule has 0 bridgehead atoms. The number of hydrogen-bond donors (Lipinski definition) is 1. The molecule has 1 aliphatic heterocycles. The van der Waals surface area contributed by atoms with Crippen LogP contribution in [0.15, 0.2) is 66.2 Å². The molecule has 4 aromatic rings. The van der Waals surface area contributed by atoms with E-state index in [2.05, 4.69) is 0 Å². The standard InChI is InChI=1S/C28H23ClN2O4S/c1-4-35-20-10-8-17(9-11-20)25(32)22-24(18-6-5-7-19(29)14-18)31(27(34)26(22)33)28-30-23-16(3)12-15(2)13-21(23)36-28/h5-14,24,32H,4H2,1-3H3/t24-/m0/s1. The van der Waals surface area contributed by atoms with E-state index in [1.165, 1.54) is 16.2 Å². The van der Waals surface area contributed by atoms with Crippen molar-refractivity contribution in [2.75, 3.05) is 11.5 Å². The second-order valence-corrected chi connectivity index (χ2v) is 10.1. The molecule has 1 amide bonds. The van der Waals surface area contributed by atoms with Gasteiger partial charge in [-0.2, -0.15) is 0 Å². The van der Waals surface area contributed by atoms with Crippen molar-refractivity contribution in [1.29, 1.82) is 0 Å². The van der Waals surface area contributed by atoms with Gasteiger partial charge in [0.15, 0.2) is 5.13 Å². The number of fused-ring (bicyclic) bond motifs is 1. The monoisotopic (exact) mass is 518 g/mol. The Morgan fingerprint density at radius 3 is 2.56 bits per heavy atom. The second kappa shape index (κ2) is 9.41. The number of carbonyl (C=O) groups excluding carboxylic acids is 2. The van der Waals surface area contributed by atoms with Gasteiger partial charge in [-0.15, -0.1) is 0 Å². The van der Waals surface area contributed by atoms with Crippen LogP contribution in [0.2, 0.25) is 5.02 Å². The summed E-state index contributed by atoms with van der Waals surface area (Å²) in [5.74, 6) is -1.16. The van der Waals surface area contributed by atoms with Crippen molar-refractivity contribution in [3.63, 3.8) is 0 Å². The number of ether oxygens (including phenoxy) is 1. The number of aliphatic hydroxyl groups excluding tert-OH is 1. The van der Waals surface area contributed by atoms with Crippen LogP contribution in [-0.4, -0.2) is 28.4 Å². The fourth-order valence-corrected chi connectivity index (χ4v) is 5.88. The highest BCUT2D eigenvalue weighted by molar-refractivity contribution is 7.22. The molecule has 182 valence electrons. The lowest BCUT2D eigenvalue weighted by molar-refractivity contribution is -0.132. The molecule has 0 aliphatic carbocycles. The average Bonchev–Trinajstić information content (AvgIpc) is 3.38. The Balaban J connectivity index is 1.70. The molecule has 2 heterocycles. The quantitative estimate of drug-likeness (QED) is 0.183. The van der Waals surface area contributed by atoms with Crippen molar-refractivity contribution in [1.82, 2.24) is 4.98 Å². The van der Waals surface area contributed by atoms with Crippen LogP contribution in [0.5, 0.6) is 5.75 Å². The Morgan fingerprint density at radius 2 is 1.86 bits per heavy atom. The van der Waals surface area contributed by atoms with Crippen molar-refractivity contribution >= 4 is 55.7 Å². The summed E-state index contributed by atoms with van der Waals surface area (Å²) in [6, 6.07) is 16.8. The molecule has 6 nitrogen and oxygen atoms in total. The third kappa shape index (κ3) is 4.14. The minimum absolute atomic E-state index is 0.0152. The molecular weight excluding hydrogens is 496 g/mol. The van der Waals surface area contributed by atoms with E-state index in [-0.39, 0.29) is 11.3 Å². The maximum absolute atomic E-state index is 13.4. The lowest BCUT2D eigenvalue weighted by Crippen LogP contribution is -2.29. The van der Waals surface area contributed by atoms with Gasteiger partial charge in [0.05, 0.1) is 28.4 Å². The Bertz CT molecular complexity index is 1540. The van der Waals surface area contributed by atoms with Gasteiger partial charge in [-0.1, -0.05) is 41.1 Å². The number of carbonyl (C=O) groups is 2. The summed E-state index contributed by atoms with van der Waals surface area (Å²) >= 11 is 7.63. The zero-order valence-corrected chi connectivity index (χ0v) is 21.5. The Labute approximate surface area is 217 Å². The Hall–Kier alpha value is -3.68. The van der Waals surface area contributed by atoms with E-state index in [0.29, 0.717) is 33.6 Å². The van der Waals surface area contributed by atoms with Crippen LogP contribution < -0.4 is 9.64 Å². The van der Waals surface area contributed by atoms with Crippen LogP contribution in [-0.2, 0) is 9.59 Å². The normalized spacial score (nSPS) is 17.2. The summed E-state index contributed by atoms with van der Waals surface area (Å²) in [6.07, 6.45) is 0. The molecule has 1 saturated heterocycles. The molecule has 5 rings (SSSR count). The molecule has 0 unspecified atom stereocenters. The minimum Gasteiger partial charge on any atom is -0.507 e. The Morgan fingerprint density at radius 1 is 1.11 bits per heavy atom. The number of aromatic nitrogens is 1. The fourth-order valence-electron chi connectivity index (χ4n) is 4.52. The molecule has 0 saturated carbocycles. The highest BCUT2D eigenvalue weighted by Crippen LogP contribution is 2.45. The second-order valence-electron chi connectivity index (χ2n) is 8.61. The van der Waals surface area contributed by atoms with Crippen LogP contribution in [0.4, 0.5) is 5.13 Å². The van der Waals surface area contributed by atoms with Crippen molar-refractivity contribution in [2.45, 2.75) is 26.8 Å². The first kappa shape index (κ1) is 24.0. The van der Waals surface area contributed by atoms with Crippen molar-refractivity contribution in [2.24, 2.45) is 0 Å². The zero-order chi connectivity index (χ0) is 25.6. The summed E-state index contributed by atoms with van der Waals surface area (Å²) in [5.41, 5.74) is 3.83. The molecule has 1 aliphatic rings. The number of nitrogens with zero attached hydrogens (tertiary/aromatic N) is 2.